The Morgan fingerprint density at radius 3 is 2.46 bits per heavy atom. The summed E-state index contributed by atoms with van der Waals surface area (Å²) in [7, 11) is 0. The van der Waals surface area contributed by atoms with Crippen LogP contribution in [0.3, 0.4) is 0 Å². The Morgan fingerprint density at radius 1 is 1.08 bits per heavy atom. The SMILES string of the molecule is Cc1ccccc1N1C(=O)[C@@H]2C(C(=O)c3ccc(Cl)cc3)=NO[C@@H]2C1=O. The molecular formula is C19H13ClN2O4. The molecule has 2 aliphatic rings. The number of hydrogen-bond donors (Lipinski definition) is 0. The van der Waals surface area contributed by atoms with Crippen LogP contribution < -0.4 is 4.90 Å². The Balaban J connectivity index is 1.68. The summed E-state index contributed by atoms with van der Waals surface area (Å²) in [5.41, 5.74) is 1.52. The van der Waals surface area contributed by atoms with Gasteiger partial charge in [0.1, 0.15) is 11.6 Å². The third-order valence-corrected chi connectivity index (χ3v) is 4.76. The number of carbonyl (C=O) groups excluding carboxylic acids is 3. The van der Waals surface area contributed by atoms with E-state index >= 15 is 0 Å². The smallest absolute Gasteiger partial charge is 0.278 e. The van der Waals surface area contributed by atoms with E-state index in [2.05, 4.69) is 5.16 Å². The van der Waals surface area contributed by atoms with Crippen molar-refractivity contribution in [2.75, 3.05) is 4.90 Å². The molecule has 0 spiro atoms. The molecule has 0 bridgehead atoms. The van der Waals surface area contributed by atoms with Gasteiger partial charge in [-0.25, -0.2) is 4.90 Å². The third kappa shape index (κ3) is 2.42. The Hall–Kier alpha value is -2.99. The molecule has 7 heteroatoms. The number of aryl methyl sites for hydroxylation is 1. The molecular weight excluding hydrogens is 356 g/mol. The van der Waals surface area contributed by atoms with E-state index in [0.717, 1.165) is 10.5 Å². The van der Waals surface area contributed by atoms with Crippen LogP contribution in [0.4, 0.5) is 5.69 Å². The number of Topliss-reactive ketones (excluding diaryl/α,β-unsaturated/α-hetero) is 1. The average molecular weight is 369 g/mol. The summed E-state index contributed by atoms with van der Waals surface area (Å²) >= 11 is 5.84. The van der Waals surface area contributed by atoms with Gasteiger partial charge in [0, 0.05) is 10.6 Å². The molecule has 1 fully saturated rings. The van der Waals surface area contributed by atoms with Gasteiger partial charge in [-0.2, -0.15) is 0 Å². The highest BCUT2D eigenvalue weighted by atomic mass is 35.5. The summed E-state index contributed by atoms with van der Waals surface area (Å²) in [5.74, 6) is -2.52. The minimum atomic E-state index is -1.10. The zero-order chi connectivity index (χ0) is 18.4. The van der Waals surface area contributed by atoms with Gasteiger partial charge >= 0.3 is 0 Å². The summed E-state index contributed by atoms with van der Waals surface area (Å²) < 4.78 is 0. The molecule has 0 aromatic heterocycles. The molecule has 0 saturated carbocycles. The number of ketones is 1. The second-order valence-electron chi connectivity index (χ2n) is 6.11. The monoisotopic (exact) mass is 368 g/mol. The Labute approximate surface area is 154 Å². The van der Waals surface area contributed by atoms with Gasteiger partial charge in [0.2, 0.25) is 17.8 Å². The topological polar surface area (TPSA) is 76.0 Å². The molecule has 0 radical (unpaired) electrons. The standard InChI is InChI=1S/C19H13ClN2O4/c1-10-4-2-3-5-13(10)22-18(24)14-15(21-26-17(14)19(22)25)16(23)11-6-8-12(20)9-7-11/h2-9,14,17H,1H3/t14-,17+/m1/s1. The van der Waals surface area contributed by atoms with Crippen molar-refractivity contribution in [1.82, 2.24) is 0 Å². The van der Waals surface area contributed by atoms with Crippen molar-refractivity contribution in [3.63, 3.8) is 0 Å². The zero-order valence-electron chi connectivity index (χ0n) is 13.7. The first-order valence-corrected chi connectivity index (χ1v) is 8.34. The fraction of sp³-hybridized carbons (Fsp3) is 0.158. The van der Waals surface area contributed by atoms with E-state index in [0.29, 0.717) is 16.3 Å². The van der Waals surface area contributed by atoms with Crippen LogP contribution in [0.15, 0.2) is 53.7 Å². The van der Waals surface area contributed by atoms with Crippen LogP contribution in [-0.4, -0.2) is 29.4 Å². The highest BCUT2D eigenvalue weighted by molar-refractivity contribution is 6.52. The lowest BCUT2D eigenvalue weighted by atomic mass is 9.93. The lowest BCUT2D eigenvalue weighted by Crippen LogP contribution is -2.34. The molecule has 2 atom stereocenters. The molecule has 2 aromatic carbocycles. The van der Waals surface area contributed by atoms with Gasteiger partial charge in [-0.3, -0.25) is 14.4 Å². The van der Waals surface area contributed by atoms with Crippen LogP contribution in [0.2, 0.25) is 5.02 Å². The largest absolute Gasteiger partial charge is 0.381 e. The summed E-state index contributed by atoms with van der Waals surface area (Å²) in [6.45, 7) is 1.80. The van der Waals surface area contributed by atoms with Crippen LogP contribution in [0, 0.1) is 12.8 Å². The van der Waals surface area contributed by atoms with Gasteiger partial charge in [0.25, 0.3) is 5.91 Å². The number of oxime groups is 1. The number of halogens is 1. The summed E-state index contributed by atoms with van der Waals surface area (Å²) in [4.78, 5) is 44.6. The van der Waals surface area contributed by atoms with Crippen molar-refractivity contribution < 1.29 is 19.2 Å². The molecule has 0 unspecified atom stereocenters. The van der Waals surface area contributed by atoms with Crippen molar-refractivity contribution in [3.05, 3.63) is 64.7 Å². The second-order valence-corrected chi connectivity index (χ2v) is 6.55. The first kappa shape index (κ1) is 16.5. The maximum Gasteiger partial charge on any atom is 0.278 e. The fourth-order valence-electron chi connectivity index (χ4n) is 3.17. The third-order valence-electron chi connectivity index (χ3n) is 4.51. The van der Waals surface area contributed by atoms with Gasteiger partial charge in [-0.1, -0.05) is 35.0 Å². The lowest BCUT2D eigenvalue weighted by Gasteiger charge is -2.17. The number of nitrogens with zero attached hydrogens (tertiary/aromatic N) is 2. The molecule has 2 heterocycles. The Bertz CT molecular complexity index is 968. The van der Waals surface area contributed by atoms with Gasteiger partial charge in [0.15, 0.2) is 0 Å². The molecule has 0 N–H and O–H groups in total. The zero-order valence-corrected chi connectivity index (χ0v) is 14.4. The van der Waals surface area contributed by atoms with Gasteiger partial charge < -0.3 is 4.84 Å². The number of hydrogen-bond acceptors (Lipinski definition) is 5. The van der Waals surface area contributed by atoms with E-state index in [4.69, 9.17) is 16.4 Å². The van der Waals surface area contributed by atoms with Crippen molar-refractivity contribution in [3.8, 4) is 0 Å². The normalized spacial score (nSPS) is 21.5. The van der Waals surface area contributed by atoms with Crippen molar-refractivity contribution in [2.45, 2.75) is 13.0 Å². The predicted molar refractivity (Wildman–Crippen MR) is 95.3 cm³/mol. The lowest BCUT2D eigenvalue weighted by molar-refractivity contribution is -0.126. The van der Waals surface area contributed by atoms with E-state index < -0.39 is 29.6 Å². The highest BCUT2D eigenvalue weighted by Crippen LogP contribution is 2.35. The first-order valence-electron chi connectivity index (χ1n) is 7.96. The minimum Gasteiger partial charge on any atom is -0.381 e. The maximum absolute atomic E-state index is 12.9. The van der Waals surface area contributed by atoms with Crippen LogP contribution in [0.1, 0.15) is 15.9 Å². The Morgan fingerprint density at radius 2 is 1.77 bits per heavy atom. The molecule has 130 valence electrons. The van der Waals surface area contributed by atoms with Crippen LogP contribution in [0.25, 0.3) is 0 Å². The predicted octanol–water partition coefficient (Wildman–Crippen LogP) is 2.78. The summed E-state index contributed by atoms with van der Waals surface area (Å²) in [6, 6.07) is 13.3. The number of para-hydroxylation sites is 1. The number of amides is 2. The van der Waals surface area contributed by atoms with Gasteiger partial charge in [-0.05, 0) is 42.8 Å². The van der Waals surface area contributed by atoms with E-state index in [9.17, 15) is 14.4 Å². The average Bonchev–Trinajstić information content (AvgIpc) is 3.17. The van der Waals surface area contributed by atoms with E-state index in [1.807, 2.05) is 6.07 Å². The number of benzene rings is 2. The molecule has 0 aliphatic carbocycles. The molecule has 26 heavy (non-hydrogen) atoms. The molecule has 2 amide bonds. The van der Waals surface area contributed by atoms with E-state index in [1.165, 1.54) is 0 Å². The van der Waals surface area contributed by atoms with Gasteiger partial charge in [0.05, 0.1) is 5.69 Å². The number of imide groups is 1. The van der Waals surface area contributed by atoms with Crippen LogP contribution in [-0.2, 0) is 14.4 Å². The second kappa shape index (κ2) is 6.07. The summed E-state index contributed by atoms with van der Waals surface area (Å²) in [6.07, 6.45) is -1.10. The minimum absolute atomic E-state index is 0.0632. The summed E-state index contributed by atoms with van der Waals surface area (Å²) in [5, 5.41) is 4.22. The quantitative estimate of drug-likeness (QED) is 0.616. The number of anilines is 1. The molecule has 2 aromatic rings. The molecule has 4 rings (SSSR count). The molecule has 6 nitrogen and oxygen atoms in total. The van der Waals surface area contributed by atoms with Crippen LogP contribution >= 0.6 is 11.6 Å². The van der Waals surface area contributed by atoms with Crippen LogP contribution in [0.5, 0.6) is 0 Å². The van der Waals surface area contributed by atoms with Gasteiger partial charge in [-0.15, -0.1) is 0 Å². The highest BCUT2D eigenvalue weighted by Gasteiger charge is 2.57. The molecule has 1 saturated heterocycles. The number of fused-ring (bicyclic) bond motifs is 1. The maximum atomic E-state index is 12.9. The number of rotatable bonds is 3. The first-order chi connectivity index (χ1) is 12.5. The Kier molecular flexibility index (Phi) is 3.85. The van der Waals surface area contributed by atoms with E-state index in [1.54, 1.807) is 49.4 Å². The van der Waals surface area contributed by atoms with Crippen molar-refractivity contribution in [2.24, 2.45) is 11.1 Å². The fourth-order valence-corrected chi connectivity index (χ4v) is 3.29. The number of carbonyl (C=O) groups is 3. The van der Waals surface area contributed by atoms with Crippen molar-refractivity contribution >= 4 is 40.6 Å². The molecule has 2 aliphatic heterocycles. The van der Waals surface area contributed by atoms with E-state index in [-0.39, 0.29) is 5.71 Å². The van der Waals surface area contributed by atoms with Crippen molar-refractivity contribution in [1.29, 1.82) is 0 Å².